The number of rotatable bonds is 6. The zero-order valence-corrected chi connectivity index (χ0v) is 22.5. The van der Waals surface area contributed by atoms with Crippen molar-refractivity contribution >= 4 is 35.1 Å². The number of terminal acetylenes is 6. The van der Waals surface area contributed by atoms with Crippen molar-refractivity contribution in [3.63, 3.8) is 0 Å². The Bertz CT molecular complexity index is 1650. The summed E-state index contributed by atoms with van der Waals surface area (Å²) in [6.45, 7) is 0. The first kappa shape index (κ1) is 29.7. The molecule has 2 aromatic rings. The van der Waals surface area contributed by atoms with E-state index in [0.717, 1.165) is 0 Å². The molecule has 2 saturated carbocycles. The molecule has 8 nitrogen and oxygen atoms in total. The fraction of sp³-hybridized carbons (Fsp3) is 0.200. The molecule has 2 aliphatic rings. The quantitative estimate of drug-likeness (QED) is 0.397. The first-order valence-corrected chi connectivity index (χ1v) is 12.8. The summed E-state index contributed by atoms with van der Waals surface area (Å²) in [6, 6.07) is 5.68. The predicted octanol–water partition coefficient (Wildman–Crippen LogP) is 2.44. The number of amides is 2. The Morgan fingerprint density at radius 3 is 1.09 bits per heavy atom. The maximum absolute atomic E-state index is 13.5. The second-order valence-corrected chi connectivity index (χ2v) is 10.1. The monoisotopic (exact) mass is 566 g/mol. The highest BCUT2D eigenvalue weighted by Crippen LogP contribution is 2.59. The Labute approximate surface area is 248 Å². The molecule has 4 rings (SSSR count). The summed E-state index contributed by atoms with van der Waals surface area (Å²) in [6.07, 6.45) is 33.2. The third-order valence-electron chi connectivity index (χ3n) is 8.06. The van der Waals surface area contributed by atoms with Crippen LogP contribution < -0.4 is 10.6 Å². The number of carbonyl (C=O) groups is 4. The lowest BCUT2D eigenvalue weighted by Crippen LogP contribution is -2.49. The third kappa shape index (κ3) is 5.03. The minimum absolute atomic E-state index is 0.0204. The van der Waals surface area contributed by atoms with E-state index in [2.05, 4.69) is 46.2 Å². The Hall–Kier alpha value is -6.32. The number of nitrogens with one attached hydrogen (secondary N) is 2. The van der Waals surface area contributed by atoms with Crippen LogP contribution in [0.1, 0.15) is 39.8 Å². The molecule has 2 aliphatic carbocycles. The number of aliphatic carboxylic acids is 2. The van der Waals surface area contributed by atoms with Crippen molar-refractivity contribution in [1.82, 2.24) is 0 Å². The number of benzene rings is 2. The number of hydrogen-bond donors (Lipinski definition) is 4. The molecule has 2 fully saturated rings. The van der Waals surface area contributed by atoms with Crippen molar-refractivity contribution in [3.05, 3.63) is 57.6 Å². The number of anilines is 2. The van der Waals surface area contributed by atoms with Crippen LogP contribution in [0.3, 0.4) is 0 Å². The normalized spacial score (nSPS) is 22.7. The highest BCUT2D eigenvalue weighted by Gasteiger charge is 2.66. The smallest absolute Gasteiger partial charge is 0.307 e. The maximum atomic E-state index is 13.5. The number of carbonyl (C=O) groups excluding carboxylic acids is 2. The molecule has 2 bridgehead atoms. The van der Waals surface area contributed by atoms with Crippen LogP contribution in [0.4, 0.5) is 11.4 Å². The lowest BCUT2D eigenvalue weighted by atomic mass is 9.67. The Morgan fingerprint density at radius 2 is 0.860 bits per heavy atom. The fourth-order valence-corrected chi connectivity index (χ4v) is 6.45. The van der Waals surface area contributed by atoms with Crippen molar-refractivity contribution < 1.29 is 29.4 Å². The number of carboxylic acid groups (broad SMARTS) is 2. The van der Waals surface area contributed by atoms with Gasteiger partial charge >= 0.3 is 11.9 Å². The van der Waals surface area contributed by atoms with Gasteiger partial charge in [-0.2, -0.15) is 0 Å². The molecular formula is C35H22N2O6. The lowest BCUT2D eigenvalue weighted by molar-refractivity contribution is -0.159. The summed E-state index contributed by atoms with van der Waals surface area (Å²) < 4.78 is 0. The summed E-state index contributed by atoms with van der Waals surface area (Å²) in [7, 11) is 0. The molecule has 208 valence electrons. The summed E-state index contributed by atoms with van der Waals surface area (Å²) in [5.41, 5.74) is 1.87. The molecule has 2 amide bonds. The van der Waals surface area contributed by atoms with Crippen LogP contribution >= 0.6 is 0 Å². The summed E-state index contributed by atoms with van der Waals surface area (Å²) in [4.78, 5) is 52.1. The molecule has 0 spiro atoms. The average molecular weight is 567 g/mol. The first-order valence-electron chi connectivity index (χ1n) is 12.8. The molecule has 8 heteroatoms. The SMILES string of the molecule is C#Cc1cc(NC(=O)C2C3CC(C2C(=O)O)C(C(=O)Nc2cc(C#C)c(C#C)c(C#C)c2)C3C(=O)O)cc(C#C)c1C#C. The van der Waals surface area contributed by atoms with E-state index in [-0.39, 0.29) is 51.2 Å². The van der Waals surface area contributed by atoms with E-state index in [0.29, 0.717) is 0 Å². The van der Waals surface area contributed by atoms with Crippen LogP contribution in [0.25, 0.3) is 0 Å². The highest BCUT2D eigenvalue weighted by molar-refractivity contribution is 6.01. The van der Waals surface area contributed by atoms with Crippen LogP contribution in [0.5, 0.6) is 0 Å². The average Bonchev–Trinajstić information content (AvgIpc) is 3.57. The van der Waals surface area contributed by atoms with Gasteiger partial charge in [0.2, 0.25) is 11.8 Å². The fourth-order valence-electron chi connectivity index (χ4n) is 6.45. The first-order chi connectivity index (χ1) is 20.5. The zero-order valence-electron chi connectivity index (χ0n) is 22.5. The molecule has 6 atom stereocenters. The van der Waals surface area contributed by atoms with Crippen molar-refractivity contribution in [2.45, 2.75) is 6.42 Å². The van der Waals surface area contributed by atoms with E-state index < -0.39 is 59.3 Å². The van der Waals surface area contributed by atoms with Gasteiger partial charge in [0.25, 0.3) is 0 Å². The van der Waals surface area contributed by atoms with E-state index in [1.807, 2.05) is 0 Å². The molecular weight excluding hydrogens is 544 g/mol. The zero-order chi connectivity index (χ0) is 31.6. The van der Waals surface area contributed by atoms with Gasteiger partial charge in [0.1, 0.15) is 0 Å². The highest BCUT2D eigenvalue weighted by atomic mass is 16.4. The Kier molecular flexibility index (Phi) is 8.04. The van der Waals surface area contributed by atoms with E-state index in [1.165, 1.54) is 24.3 Å². The molecule has 43 heavy (non-hydrogen) atoms. The van der Waals surface area contributed by atoms with E-state index in [9.17, 15) is 29.4 Å². The van der Waals surface area contributed by atoms with Crippen molar-refractivity contribution in [1.29, 1.82) is 0 Å². The van der Waals surface area contributed by atoms with Gasteiger partial charge in [0.05, 0.1) is 34.8 Å². The van der Waals surface area contributed by atoms with Gasteiger partial charge in [-0.1, -0.05) is 35.5 Å². The molecule has 0 heterocycles. The summed E-state index contributed by atoms with van der Waals surface area (Å²) >= 11 is 0. The second kappa shape index (κ2) is 11.7. The van der Waals surface area contributed by atoms with Crippen molar-refractivity contribution in [2.24, 2.45) is 35.5 Å². The van der Waals surface area contributed by atoms with Crippen LogP contribution in [0.2, 0.25) is 0 Å². The van der Waals surface area contributed by atoms with Crippen LogP contribution in [-0.4, -0.2) is 34.0 Å². The molecule has 0 aromatic heterocycles. The standard InChI is InChI=1S/C35H22N2O6/c1-7-18-13-22(14-19(8-2)24(18)11-5)36-32(38)28-26-17-27(30(28)34(40)41)29(31(26)35(42)43)33(39)37-23-15-20(9-3)25(12-6)21(10-4)16-23/h1-6,13-16,26-31H,17H2,(H,36,38)(H,37,39)(H,40,41)(H,42,43). The van der Waals surface area contributed by atoms with Gasteiger partial charge in [-0.15, -0.1) is 38.5 Å². The van der Waals surface area contributed by atoms with E-state index in [4.69, 9.17) is 38.5 Å². The Balaban J connectivity index is 1.67. The summed E-state index contributed by atoms with van der Waals surface area (Å²) in [5, 5.41) is 25.6. The van der Waals surface area contributed by atoms with Crippen molar-refractivity contribution in [2.75, 3.05) is 10.6 Å². The van der Waals surface area contributed by atoms with Gasteiger partial charge < -0.3 is 20.8 Å². The Morgan fingerprint density at radius 1 is 0.558 bits per heavy atom. The van der Waals surface area contributed by atoms with Gasteiger partial charge in [-0.05, 0) is 42.5 Å². The molecule has 2 aromatic carbocycles. The predicted molar refractivity (Wildman–Crippen MR) is 159 cm³/mol. The molecule has 4 N–H and O–H groups in total. The largest absolute Gasteiger partial charge is 0.481 e. The molecule has 0 aliphatic heterocycles. The van der Waals surface area contributed by atoms with Crippen LogP contribution in [0, 0.1) is 110 Å². The molecule has 0 saturated heterocycles. The van der Waals surface area contributed by atoms with E-state index in [1.54, 1.807) is 0 Å². The molecule has 6 unspecified atom stereocenters. The van der Waals surface area contributed by atoms with Crippen LogP contribution in [-0.2, 0) is 19.2 Å². The van der Waals surface area contributed by atoms with Gasteiger partial charge in [-0.3, -0.25) is 19.2 Å². The number of carboxylic acids is 2. The molecule has 0 radical (unpaired) electrons. The minimum Gasteiger partial charge on any atom is -0.481 e. The van der Waals surface area contributed by atoms with E-state index >= 15 is 0 Å². The van der Waals surface area contributed by atoms with Gasteiger partial charge in [-0.25, -0.2) is 0 Å². The topological polar surface area (TPSA) is 133 Å². The number of hydrogen-bond acceptors (Lipinski definition) is 4. The third-order valence-corrected chi connectivity index (χ3v) is 8.06. The van der Waals surface area contributed by atoms with Crippen molar-refractivity contribution in [3.8, 4) is 74.1 Å². The minimum atomic E-state index is -1.35. The number of fused-ring (bicyclic) bond motifs is 2. The lowest BCUT2D eigenvalue weighted by Gasteiger charge is -2.36. The summed E-state index contributed by atoms with van der Waals surface area (Å²) in [5.74, 6) is 3.09. The maximum Gasteiger partial charge on any atom is 0.307 e. The van der Waals surface area contributed by atoms with Crippen LogP contribution in [0.15, 0.2) is 24.3 Å². The second-order valence-electron chi connectivity index (χ2n) is 10.1. The van der Waals surface area contributed by atoms with Gasteiger partial charge in [0, 0.05) is 33.6 Å². The van der Waals surface area contributed by atoms with Gasteiger partial charge in [0.15, 0.2) is 0 Å².